The van der Waals surface area contributed by atoms with Crippen LogP contribution in [0.5, 0.6) is 0 Å². The molecule has 0 radical (unpaired) electrons. The number of aromatic nitrogens is 3. The van der Waals surface area contributed by atoms with Crippen LogP contribution in [0.3, 0.4) is 0 Å². The van der Waals surface area contributed by atoms with Crippen LogP contribution in [0.25, 0.3) is 0 Å². The zero-order valence-electron chi connectivity index (χ0n) is 7.62. The van der Waals surface area contributed by atoms with Crippen molar-refractivity contribution in [2.45, 2.75) is 32.2 Å². The van der Waals surface area contributed by atoms with Crippen molar-refractivity contribution in [1.82, 2.24) is 15.0 Å². The Kier molecular flexibility index (Phi) is 2.83. The quantitative estimate of drug-likeness (QED) is 0.678. The predicted octanol–water partition coefficient (Wildman–Crippen LogP) is 1.86. The van der Waals surface area contributed by atoms with E-state index in [1.807, 2.05) is 10.9 Å². The summed E-state index contributed by atoms with van der Waals surface area (Å²) in [7, 11) is 0. The fourth-order valence-electron chi connectivity index (χ4n) is 1.36. The minimum Gasteiger partial charge on any atom is -0.252 e. The summed E-state index contributed by atoms with van der Waals surface area (Å²) >= 11 is 5.60. The number of aryl methyl sites for hydroxylation is 1. The normalized spacial score (nSPS) is 16.4. The Morgan fingerprint density at radius 2 is 2.38 bits per heavy atom. The number of rotatable bonds is 5. The Morgan fingerprint density at radius 1 is 1.54 bits per heavy atom. The molecule has 0 bridgehead atoms. The molecule has 0 saturated heterocycles. The summed E-state index contributed by atoms with van der Waals surface area (Å²) in [4.78, 5) is 0. The number of halogens is 1. The van der Waals surface area contributed by atoms with E-state index in [4.69, 9.17) is 11.6 Å². The number of alkyl halides is 1. The van der Waals surface area contributed by atoms with Gasteiger partial charge in [0.05, 0.1) is 5.69 Å². The largest absolute Gasteiger partial charge is 0.252 e. The Labute approximate surface area is 83.1 Å². The molecule has 2 rings (SSSR count). The first kappa shape index (κ1) is 9.00. The molecule has 0 N–H and O–H groups in total. The van der Waals surface area contributed by atoms with Crippen LogP contribution in [0.4, 0.5) is 0 Å². The third-order valence-electron chi connectivity index (χ3n) is 2.29. The van der Waals surface area contributed by atoms with Crippen LogP contribution in [-0.4, -0.2) is 20.9 Å². The summed E-state index contributed by atoms with van der Waals surface area (Å²) in [5.74, 6) is 1.57. The van der Waals surface area contributed by atoms with Crippen molar-refractivity contribution in [3.8, 4) is 0 Å². The maximum Gasteiger partial charge on any atom is 0.0827 e. The molecule has 1 aromatic rings. The van der Waals surface area contributed by atoms with Crippen molar-refractivity contribution in [3.05, 3.63) is 11.9 Å². The van der Waals surface area contributed by atoms with Crippen LogP contribution in [0.2, 0.25) is 0 Å². The maximum absolute atomic E-state index is 5.60. The van der Waals surface area contributed by atoms with Gasteiger partial charge in [-0.15, -0.1) is 16.7 Å². The fourth-order valence-corrected chi connectivity index (χ4v) is 1.49. The van der Waals surface area contributed by atoms with Gasteiger partial charge in [0, 0.05) is 18.6 Å². The molecule has 1 aromatic heterocycles. The molecule has 0 unspecified atom stereocenters. The van der Waals surface area contributed by atoms with E-state index in [2.05, 4.69) is 10.3 Å². The predicted molar refractivity (Wildman–Crippen MR) is 51.8 cm³/mol. The van der Waals surface area contributed by atoms with E-state index in [0.29, 0.717) is 5.88 Å². The van der Waals surface area contributed by atoms with Crippen molar-refractivity contribution < 1.29 is 0 Å². The van der Waals surface area contributed by atoms with Crippen LogP contribution in [-0.2, 0) is 13.0 Å². The monoisotopic (exact) mass is 199 g/mol. The molecule has 3 nitrogen and oxygen atoms in total. The summed E-state index contributed by atoms with van der Waals surface area (Å²) in [6.45, 7) is 1.05. The summed E-state index contributed by atoms with van der Waals surface area (Å²) in [6, 6.07) is 0. The van der Waals surface area contributed by atoms with E-state index in [1.165, 1.54) is 12.8 Å². The molecule has 1 aliphatic carbocycles. The van der Waals surface area contributed by atoms with Gasteiger partial charge in [0.2, 0.25) is 0 Å². The third-order valence-corrected chi connectivity index (χ3v) is 2.56. The van der Waals surface area contributed by atoms with Gasteiger partial charge in [0.1, 0.15) is 0 Å². The first-order valence-electron chi connectivity index (χ1n) is 4.83. The second kappa shape index (κ2) is 4.09. The average molecular weight is 200 g/mol. The molecule has 0 spiro atoms. The molecule has 1 saturated carbocycles. The molecule has 13 heavy (non-hydrogen) atoms. The van der Waals surface area contributed by atoms with Gasteiger partial charge in [-0.05, 0) is 31.6 Å². The minimum atomic E-state index is 0.704. The van der Waals surface area contributed by atoms with E-state index in [9.17, 15) is 0 Å². The van der Waals surface area contributed by atoms with Crippen molar-refractivity contribution >= 4 is 11.6 Å². The topological polar surface area (TPSA) is 30.7 Å². The fraction of sp³-hybridized carbons (Fsp3) is 0.778. The van der Waals surface area contributed by atoms with Crippen molar-refractivity contribution in [1.29, 1.82) is 0 Å². The lowest BCUT2D eigenvalue weighted by Gasteiger charge is -1.94. The molecule has 1 fully saturated rings. The van der Waals surface area contributed by atoms with Gasteiger partial charge in [-0.2, -0.15) is 0 Å². The van der Waals surface area contributed by atoms with Crippen LogP contribution in [0.15, 0.2) is 6.20 Å². The van der Waals surface area contributed by atoms with E-state index in [-0.39, 0.29) is 0 Å². The lowest BCUT2D eigenvalue weighted by Crippen LogP contribution is -1.99. The van der Waals surface area contributed by atoms with Crippen LogP contribution < -0.4 is 0 Å². The summed E-state index contributed by atoms with van der Waals surface area (Å²) in [5.41, 5.74) is 1.07. The zero-order valence-corrected chi connectivity index (χ0v) is 8.37. The number of hydrogen-bond donors (Lipinski definition) is 0. The van der Waals surface area contributed by atoms with Crippen molar-refractivity contribution in [3.63, 3.8) is 0 Å². The van der Waals surface area contributed by atoms with Gasteiger partial charge in [-0.1, -0.05) is 5.21 Å². The maximum atomic E-state index is 5.60. The second-order valence-corrected chi connectivity index (χ2v) is 4.05. The highest BCUT2D eigenvalue weighted by Gasteiger charge is 2.22. The Balaban J connectivity index is 1.84. The van der Waals surface area contributed by atoms with Gasteiger partial charge in [0.25, 0.3) is 0 Å². The number of hydrogen-bond acceptors (Lipinski definition) is 2. The van der Waals surface area contributed by atoms with Crippen molar-refractivity contribution in [2.75, 3.05) is 5.88 Å². The van der Waals surface area contributed by atoms with E-state index < -0.39 is 0 Å². The van der Waals surface area contributed by atoms with Gasteiger partial charge < -0.3 is 0 Å². The second-order valence-electron chi connectivity index (χ2n) is 3.67. The van der Waals surface area contributed by atoms with Crippen LogP contribution >= 0.6 is 11.6 Å². The van der Waals surface area contributed by atoms with E-state index >= 15 is 0 Å². The molecule has 0 aliphatic heterocycles. The number of nitrogens with zero attached hydrogens (tertiary/aromatic N) is 3. The molecule has 1 heterocycles. The third kappa shape index (κ3) is 2.69. The van der Waals surface area contributed by atoms with Gasteiger partial charge in [0.15, 0.2) is 0 Å². The highest BCUT2D eigenvalue weighted by Crippen LogP contribution is 2.30. The van der Waals surface area contributed by atoms with Gasteiger partial charge in [-0.25, -0.2) is 0 Å². The summed E-state index contributed by atoms with van der Waals surface area (Å²) in [5, 5.41) is 8.16. The minimum absolute atomic E-state index is 0.704. The summed E-state index contributed by atoms with van der Waals surface area (Å²) < 4.78 is 1.96. The van der Waals surface area contributed by atoms with Gasteiger partial charge >= 0.3 is 0 Å². The molecule has 4 heteroatoms. The standard InChI is InChI=1S/C9H14ClN3/c10-5-1-2-9-7-13(12-11-9)6-8-3-4-8/h7-8H,1-6H2. The Bertz CT molecular complexity index is 268. The molecule has 1 aliphatic rings. The molecular weight excluding hydrogens is 186 g/mol. The smallest absolute Gasteiger partial charge is 0.0827 e. The molecule has 0 aromatic carbocycles. The molecule has 72 valence electrons. The average Bonchev–Trinajstić information content (AvgIpc) is 2.81. The van der Waals surface area contributed by atoms with Gasteiger partial charge in [-0.3, -0.25) is 4.68 Å². The highest BCUT2D eigenvalue weighted by atomic mass is 35.5. The van der Waals surface area contributed by atoms with E-state index in [0.717, 1.165) is 31.0 Å². The lowest BCUT2D eigenvalue weighted by atomic mass is 10.3. The zero-order chi connectivity index (χ0) is 9.10. The van der Waals surface area contributed by atoms with Crippen LogP contribution in [0.1, 0.15) is 25.0 Å². The van der Waals surface area contributed by atoms with Crippen molar-refractivity contribution in [2.24, 2.45) is 5.92 Å². The molecule has 0 amide bonds. The first-order chi connectivity index (χ1) is 6.38. The molecule has 0 atom stereocenters. The molecular formula is C9H14ClN3. The Morgan fingerprint density at radius 3 is 3.08 bits per heavy atom. The van der Waals surface area contributed by atoms with Crippen LogP contribution in [0, 0.1) is 5.92 Å². The summed E-state index contributed by atoms with van der Waals surface area (Å²) in [6.07, 6.45) is 6.70. The highest BCUT2D eigenvalue weighted by molar-refractivity contribution is 6.17. The Hall–Kier alpha value is -0.570. The first-order valence-corrected chi connectivity index (χ1v) is 5.37. The SMILES string of the molecule is ClCCCc1cn(CC2CC2)nn1. The van der Waals surface area contributed by atoms with E-state index in [1.54, 1.807) is 0 Å². The lowest BCUT2D eigenvalue weighted by molar-refractivity contribution is 0.544.